The van der Waals surface area contributed by atoms with E-state index in [0.29, 0.717) is 6.54 Å². The lowest BCUT2D eigenvalue weighted by atomic mass is 10.1. The molecular weight excluding hydrogens is 334 g/mol. The lowest BCUT2D eigenvalue weighted by Crippen LogP contribution is -2.31. The van der Waals surface area contributed by atoms with Crippen LogP contribution in [0.15, 0.2) is 48.5 Å². The second-order valence-corrected chi connectivity index (χ2v) is 6.24. The zero-order chi connectivity index (χ0) is 18.1. The summed E-state index contributed by atoms with van der Waals surface area (Å²) in [6.45, 7) is 7.12. The van der Waals surface area contributed by atoms with E-state index in [-0.39, 0.29) is 12.5 Å². The van der Waals surface area contributed by atoms with Gasteiger partial charge in [-0.1, -0.05) is 23.7 Å². The van der Waals surface area contributed by atoms with Gasteiger partial charge in [0, 0.05) is 36.0 Å². The Labute approximate surface area is 155 Å². The highest BCUT2D eigenvalue weighted by atomic mass is 35.5. The van der Waals surface area contributed by atoms with Crippen molar-refractivity contribution < 1.29 is 4.79 Å². The van der Waals surface area contributed by atoms with Gasteiger partial charge in [-0.15, -0.1) is 0 Å². The summed E-state index contributed by atoms with van der Waals surface area (Å²) in [5.74, 6) is -0.0187. The number of halogens is 1. The number of benzene rings is 2. The van der Waals surface area contributed by atoms with Gasteiger partial charge in [0.1, 0.15) is 0 Å². The van der Waals surface area contributed by atoms with Crippen LogP contribution in [-0.2, 0) is 11.2 Å². The summed E-state index contributed by atoms with van der Waals surface area (Å²) < 4.78 is 0. The molecule has 0 aliphatic rings. The molecule has 0 aromatic heterocycles. The van der Waals surface area contributed by atoms with E-state index in [1.807, 2.05) is 36.4 Å². The zero-order valence-corrected chi connectivity index (χ0v) is 15.6. The standard InChI is InChI=1S/C20H26ClN3O/c1-3-24(4-2)19-10-8-18(9-11-19)23-15-20(25)22-13-12-16-6-5-7-17(21)14-16/h5-11,14,23H,3-4,12-13,15H2,1-2H3,(H,22,25). The van der Waals surface area contributed by atoms with Gasteiger partial charge in [0.25, 0.3) is 0 Å². The van der Waals surface area contributed by atoms with E-state index in [9.17, 15) is 4.79 Å². The summed E-state index contributed by atoms with van der Waals surface area (Å²) >= 11 is 5.95. The van der Waals surface area contributed by atoms with Crippen LogP contribution in [0.2, 0.25) is 5.02 Å². The second kappa shape index (κ2) is 9.94. The second-order valence-electron chi connectivity index (χ2n) is 5.80. The molecule has 134 valence electrons. The van der Waals surface area contributed by atoms with Crippen LogP contribution in [0.25, 0.3) is 0 Å². The molecule has 25 heavy (non-hydrogen) atoms. The molecule has 2 aromatic rings. The summed E-state index contributed by atoms with van der Waals surface area (Å²) in [4.78, 5) is 14.2. The zero-order valence-electron chi connectivity index (χ0n) is 14.9. The smallest absolute Gasteiger partial charge is 0.239 e. The van der Waals surface area contributed by atoms with Gasteiger partial charge in [-0.25, -0.2) is 0 Å². The van der Waals surface area contributed by atoms with Crippen molar-refractivity contribution in [3.8, 4) is 0 Å². The van der Waals surface area contributed by atoms with Gasteiger partial charge in [0.15, 0.2) is 0 Å². The van der Waals surface area contributed by atoms with E-state index < -0.39 is 0 Å². The minimum Gasteiger partial charge on any atom is -0.376 e. The van der Waals surface area contributed by atoms with Crippen molar-refractivity contribution in [2.24, 2.45) is 0 Å². The molecule has 0 radical (unpaired) electrons. The Morgan fingerprint density at radius 2 is 1.80 bits per heavy atom. The van der Waals surface area contributed by atoms with Gasteiger partial charge in [0.05, 0.1) is 6.54 Å². The number of amides is 1. The molecule has 5 heteroatoms. The first kappa shape index (κ1) is 19.1. The van der Waals surface area contributed by atoms with E-state index in [4.69, 9.17) is 11.6 Å². The summed E-state index contributed by atoms with van der Waals surface area (Å²) in [6, 6.07) is 15.9. The molecule has 0 atom stereocenters. The molecule has 0 fully saturated rings. The van der Waals surface area contributed by atoms with Gasteiger partial charge in [-0.05, 0) is 62.2 Å². The average molecular weight is 360 g/mol. The van der Waals surface area contributed by atoms with E-state index in [1.54, 1.807) is 0 Å². The number of nitrogens with zero attached hydrogens (tertiary/aromatic N) is 1. The number of hydrogen-bond donors (Lipinski definition) is 2. The predicted molar refractivity (Wildman–Crippen MR) is 107 cm³/mol. The first-order valence-corrected chi connectivity index (χ1v) is 9.10. The fraction of sp³-hybridized carbons (Fsp3) is 0.350. The SMILES string of the molecule is CCN(CC)c1ccc(NCC(=O)NCCc2cccc(Cl)c2)cc1. The van der Waals surface area contributed by atoms with Crippen molar-refractivity contribution in [1.29, 1.82) is 0 Å². The minimum absolute atomic E-state index is 0.0187. The molecular formula is C20H26ClN3O. The molecule has 0 heterocycles. The minimum atomic E-state index is -0.0187. The van der Waals surface area contributed by atoms with Crippen molar-refractivity contribution in [2.45, 2.75) is 20.3 Å². The van der Waals surface area contributed by atoms with Crippen molar-refractivity contribution >= 4 is 28.9 Å². The molecule has 4 nitrogen and oxygen atoms in total. The Kier molecular flexibility index (Phi) is 7.61. The molecule has 2 aromatic carbocycles. The van der Waals surface area contributed by atoms with E-state index in [0.717, 1.165) is 35.8 Å². The van der Waals surface area contributed by atoms with Gasteiger partial charge >= 0.3 is 0 Å². The molecule has 0 aliphatic carbocycles. The summed E-state index contributed by atoms with van der Waals surface area (Å²) in [5, 5.41) is 6.79. The van der Waals surface area contributed by atoms with E-state index >= 15 is 0 Å². The van der Waals surface area contributed by atoms with E-state index in [1.165, 1.54) is 5.69 Å². The van der Waals surface area contributed by atoms with Gasteiger partial charge in [-0.2, -0.15) is 0 Å². The summed E-state index contributed by atoms with van der Waals surface area (Å²) in [6.07, 6.45) is 0.769. The third-order valence-corrected chi connectivity index (χ3v) is 4.31. The molecule has 2 N–H and O–H groups in total. The van der Waals surface area contributed by atoms with Crippen LogP contribution in [0.4, 0.5) is 11.4 Å². The Morgan fingerprint density at radius 1 is 1.08 bits per heavy atom. The van der Waals surface area contributed by atoms with Crippen LogP contribution in [0.5, 0.6) is 0 Å². The normalized spacial score (nSPS) is 10.4. The highest BCUT2D eigenvalue weighted by Crippen LogP contribution is 2.17. The Balaban J connectivity index is 1.72. The lowest BCUT2D eigenvalue weighted by molar-refractivity contribution is -0.119. The Bertz CT molecular complexity index is 669. The molecule has 0 spiro atoms. The molecule has 2 rings (SSSR count). The Hall–Kier alpha value is -2.20. The number of rotatable bonds is 9. The maximum atomic E-state index is 11.9. The maximum absolute atomic E-state index is 11.9. The number of hydrogen-bond acceptors (Lipinski definition) is 3. The number of carbonyl (C=O) groups excluding carboxylic acids is 1. The van der Waals surface area contributed by atoms with Crippen LogP contribution in [0.3, 0.4) is 0 Å². The van der Waals surface area contributed by atoms with Crippen molar-refractivity contribution in [3.63, 3.8) is 0 Å². The van der Waals surface area contributed by atoms with Crippen molar-refractivity contribution in [1.82, 2.24) is 5.32 Å². The molecule has 0 unspecified atom stereocenters. The quantitative estimate of drug-likeness (QED) is 0.712. The van der Waals surface area contributed by atoms with Crippen molar-refractivity contribution in [3.05, 3.63) is 59.1 Å². The van der Waals surface area contributed by atoms with E-state index in [2.05, 4.69) is 41.5 Å². The first-order chi connectivity index (χ1) is 12.1. The fourth-order valence-corrected chi connectivity index (χ4v) is 2.88. The molecule has 1 amide bonds. The van der Waals surface area contributed by atoms with Crippen molar-refractivity contribution in [2.75, 3.05) is 36.4 Å². The topological polar surface area (TPSA) is 44.4 Å². The molecule has 0 saturated carbocycles. The third kappa shape index (κ3) is 6.31. The number of carbonyl (C=O) groups is 1. The summed E-state index contributed by atoms with van der Waals surface area (Å²) in [7, 11) is 0. The molecule has 0 aliphatic heterocycles. The number of nitrogens with one attached hydrogen (secondary N) is 2. The predicted octanol–water partition coefficient (Wildman–Crippen LogP) is 3.96. The summed E-state index contributed by atoms with van der Waals surface area (Å²) in [5.41, 5.74) is 3.26. The number of anilines is 2. The molecule has 0 bridgehead atoms. The van der Waals surface area contributed by atoms with Gasteiger partial charge < -0.3 is 15.5 Å². The maximum Gasteiger partial charge on any atom is 0.239 e. The van der Waals surface area contributed by atoms with Gasteiger partial charge in [-0.3, -0.25) is 4.79 Å². The van der Waals surface area contributed by atoms with Gasteiger partial charge in [0.2, 0.25) is 5.91 Å². The fourth-order valence-electron chi connectivity index (χ4n) is 2.66. The first-order valence-electron chi connectivity index (χ1n) is 8.72. The van der Waals surface area contributed by atoms with Crippen LogP contribution in [-0.4, -0.2) is 32.1 Å². The highest BCUT2D eigenvalue weighted by Gasteiger charge is 2.04. The van der Waals surface area contributed by atoms with Crippen LogP contribution in [0, 0.1) is 0 Å². The highest BCUT2D eigenvalue weighted by molar-refractivity contribution is 6.30. The lowest BCUT2D eigenvalue weighted by Gasteiger charge is -2.21. The third-order valence-electron chi connectivity index (χ3n) is 4.07. The molecule has 0 saturated heterocycles. The largest absolute Gasteiger partial charge is 0.376 e. The Morgan fingerprint density at radius 3 is 2.44 bits per heavy atom. The van der Waals surface area contributed by atoms with Crippen LogP contribution < -0.4 is 15.5 Å². The van der Waals surface area contributed by atoms with Crippen LogP contribution in [0.1, 0.15) is 19.4 Å². The van der Waals surface area contributed by atoms with Crippen LogP contribution >= 0.6 is 11.6 Å². The average Bonchev–Trinajstić information content (AvgIpc) is 2.62. The monoisotopic (exact) mass is 359 g/mol.